The Balaban J connectivity index is 1.34. The van der Waals surface area contributed by atoms with Gasteiger partial charge in [0.15, 0.2) is 0 Å². The lowest BCUT2D eigenvalue weighted by atomic mass is 10.0. The average Bonchev–Trinajstić information content (AvgIpc) is 3.43. The number of fused-ring (bicyclic) bond motifs is 2. The third-order valence-corrected chi connectivity index (χ3v) is 9.15. The quantitative estimate of drug-likeness (QED) is 0.376. The number of hydrogen-bond donors (Lipinski definition) is 0. The standard InChI is InChI=1S/C32H36ClN7O2/c1-3-29(41)40-18-17-39(19-23(40)12-14-34)31-25-13-16-38(28-11-5-8-22-7-4-10-26(33)30(22)28)20-27(25)35-32(36-31)42-21-24-9-6-15-37(24)2/h3-5,7-8,10-11,23-24H,1,6,9,12-13,15-21H2,2H3/t23-,24?/m0/s1. The van der Waals surface area contributed by atoms with Crippen LogP contribution in [0.1, 0.15) is 30.5 Å². The maximum Gasteiger partial charge on any atom is 0.318 e. The van der Waals surface area contributed by atoms with Gasteiger partial charge >= 0.3 is 6.01 Å². The predicted molar refractivity (Wildman–Crippen MR) is 165 cm³/mol. The van der Waals surface area contributed by atoms with Gasteiger partial charge in [-0.2, -0.15) is 15.2 Å². The van der Waals surface area contributed by atoms with Gasteiger partial charge in [0.05, 0.1) is 35.8 Å². The first kappa shape index (κ1) is 28.3. The minimum atomic E-state index is -0.241. The van der Waals surface area contributed by atoms with Gasteiger partial charge in [-0.15, -0.1) is 0 Å². The van der Waals surface area contributed by atoms with Crippen molar-refractivity contribution in [2.45, 2.75) is 44.3 Å². The molecule has 3 aromatic rings. The summed E-state index contributed by atoms with van der Waals surface area (Å²) < 4.78 is 6.28. The van der Waals surface area contributed by atoms with E-state index in [1.54, 1.807) is 4.90 Å². The Labute approximate surface area is 251 Å². The molecule has 218 valence electrons. The van der Waals surface area contributed by atoms with E-state index < -0.39 is 0 Å². The van der Waals surface area contributed by atoms with Crippen molar-refractivity contribution >= 4 is 39.8 Å². The molecular formula is C32H36ClN7O2. The zero-order valence-corrected chi connectivity index (χ0v) is 24.8. The van der Waals surface area contributed by atoms with E-state index in [4.69, 9.17) is 26.3 Å². The van der Waals surface area contributed by atoms with E-state index in [0.29, 0.717) is 44.8 Å². The van der Waals surface area contributed by atoms with Crippen molar-refractivity contribution in [2.24, 2.45) is 0 Å². The molecule has 10 heteroatoms. The van der Waals surface area contributed by atoms with Crippen molar-refractivity contribution in [1.29, 1.82) is 5.26 Å². The number of carbonyl (C=O) groups is 1. The highest BCUT2D eigenvalue weighted by Gasteiger charge is 2.33. The van der Waals surface area contributed by atoms with Gasteiger partial charge in [-0.1, -0.05) is 42.4 Å². The van der Waals surface area contributed by atoms with E-state index >= 15 is 0 Å². The number of ether oxygens (including phenoxy) is 1. The summed E-state index contributed by atoms with van der Waals surface area (Å²) in [5, 5.41) is 12.4. The molecule has 0 radical (unpaired) electrons. The van der Waals surface area contributed by atoms with Crippen LogP contribution in [0.3, 0.4) is 0 Å². The Morgan fingerprint density at radius 1 is 1.14 bits per heavy atom. The fraction of sp³-hybridized carbons (Fsp3) is 0.438. The van der Waals surface area contributed by atoms with Crippen LogP contribution in [-0.2, 0) is 17.8 Å². The van der Waals surface area contributed by atoms with Gasteiger partial charge in [-0.3, -0.25) is 4.79 Å². The molecule has 2 saturated heterocycles. The molecule has 1 aromatic heterocycles. The summed E-state index contributed by atoms with van der Waals surface area (Å²) in [5.74, 6) is 0.702. The number of halogens is 1. The van der Waals surface area contributed by atoms with Gasteiger partial charge in [-0.25, -0.2) is 0 Å². The lowest BCUT2D eigenvalue weighted by Gasteiger charge is -2.42. The summed E-state index contributed by atoms with van der Waals surface area (Å²) in [4.78, 5) is 31.1. The lowest BCUT2D eigenvalue weighted by molar-refractivity contribution is -0.128. The van der Waals surface area contributed by atoms with Gasteiger partial charge in [-0.05, 0) is 56.4 Å². The van der Waals surface area contributed by atoms with E-state index in [-0.39, 0.29) is 18.4 Å². The number of anilines is 2. The number of piperazine rings is 1. The van der Waals surface area contributed by atoms with Crippen LogP contribution in [0.2, 0.25) is 5.02 Å². The number of rotatable bonds is 7. The van der Waals surface area contributed by atoms with Crippen LogP contribution >= 0.6 is 11.6 Å². The van der Waals surface area contributed by atoms with Crippen molar-refractivity contribution in [3.8, 4) is 12.1 Å². The fourth-order valence-corrected chi connectivity index (χ4v) is 6.83. The van der Waals surface area contributed by atoms with Crippen LogP contribution in [-0.4, -0.2) is 84.1 Å². The van der Waals surface area contributed by atoms with Gasteiger partial charge < -0.3 is 24.3 Å². The lowest BCUT2D eigenvalue weighted by Crippen LogP contribution is -2.55. The number of carbonyl (C=O) groups excluding carboxylic acids is 1. The number of likely N-dealkylation sites (N-methyl/N-ethyl adjacent to an activating group) is 1. The molecule has 0 spiro atoms. The van der Waals surface area contributed by atoms with E-state index in [1.165, 1.54) is 6.08 Å². The van der Waals surface area contributed by atoms with Crippen LogP contribution in [0.15, 0.2) is 49.1 Å². The molecule has 3 aliphatic rings. The normalized spacial score (nSPS) is 20.8. The summed E-state index contributed by atoms with van der Waals surface area (Å²) in [6.45, 7) is 8.28. The monoisotopic (exact) mass is 585 g/mol. The highest BCUT2D eigenvalue weighted by Crippen LogP contribution is 2.37. The predicted octanol–water partition coefficient (Wildman–Crippen LogP) is 4.44. The highest BCUT2D eigenvalue weighted by molar-refractivity contribution is 6.36. The Bertz CT molecular complexity index is 1530. The molecule has 6 rings (SSSR count). The molecule has 0 N–H and O–H groups in total. The van der Waals surface area contributed by atoms with Crippen molar-refractivity contribution in [1.82, 2.24) is 19.8 Å². The Hall–Kier alpha value is -3.87. The second-order valence-electron chi connectivity index (χ2n) is 11.3. The first-order chi connectivity index (χ1) is 20.5. The summed E-state index contributed by atoms with van der Waals surface area (Å²) in [7, 11) is 2.13. The van der Waals surface area contributed by atoms with Gasteiger partial charge in [0, 0.05) is 48.9 Å². The van der Waals surface area contributed by atoms with E-state index in [9.17, 15) is 10.1 Å². The van der Waals surface area contributed by atoms with Crippen LogP contribution in [0.5, 0.6) is 6.01 Å². The van der Waals surface area contributed by atoms with Gasteiger partial charge in [0.1, 0.15) is 12.4 Å². The van der Waals surface area contributed by atoms with Crippen molar-refractivity contribution in [3.05, 3.63) is 65.3 Å². The van der Waals surface area contributed by atoms with E-state index in [0.717, 1.165) is 70.9 Å². The Morgan fingerprint density at radius 2 is 1.98 bits per heavy atom. The van der Waals surface area contributed by atoms with Gasteiger partial charge in [0.25, 0.3) is 0 Å². The largest absolute Gasteiger partial charge is 0.462 e. The second-order valence-corrected chi connectivity index (χ2v) is 11.7. The van der Waals surface area contributed by atoms with Crippen LogP contribution in [0.25, 0.3) is 10.8 Å². The van der Waals surface area contributed by atoms with Crippen LogP contribution < -0.4 is 14.5 Å². The summed E-state index contributed by atoms with van der Waals surface area (Å²) in [5.41, 5.74) is 3.12. The molecule has 0 saturated carbocycles. The third kappa shape index (κ3) is 5.49. The number of aromatic nitrogens is 2. The molecule has 2 aromatic carbocycles. The average molecular weight is 586 g/mol. The zero-order valence-electron chi connectivity index (χ0n) is 24.0. The molecule has 3 aliphatic heterocycles. The molecule has 4 heterocycles. The number of hydrogen-bond acceptors (Lipinski definition) is 8. The van der Waals surface area contributed by atoms with Crippen LogP contribution in [0, 0.1) is 11.3 Å². The maximum absolute atomic E-state index is 12.5. The van der Waals surface area contributed by atoms with Crippen molar-refractivity contribution in [2.75, 3.05) is 56.2 Å². The van der Waals surface area contributed by atoms with E-state index in [2.05, 4.69) is 58.7 Å². The summed E-state index contributed by atoms with van der Waals surface area (Å²) in [6, 6.07) is 15.0. The summed E-state index contributed by atoms with van der Waals surface area (Å²) in [6.07, 6.45) is 4.59. The number of nitrogens with zero attached hydrogens (tertiary/aromatic N) is 7. The molecule has 42 heavy (non-hydrogen) atoms. The molecular weight excluding hydrogens is 550 g/mol. The molecule has 1 unspecified atom stereocenters. The second kappa shape index (κ2) is 12.2. The number of nitriles is 1. The molecule has 1 amide bonds. The number of likely N-dealkylation sites (tertiary alicyclic amines) is 1. The summed E-state index contributed by atoms with van der Waals surface area (Å²) >= 11 is 6.69. The third-order valence-electron chi connectivity index (χ3n) is 8.84. The minimum Gasteiger partial charge on any atom is -0.462 e. The minimum absolute atomic E-state index is 0.145. The van der Waals surface area contributed by atoms with Crippen molar-refractivity contribution in [3.63, 3.8) is 0 Å². The molecule has 2 fully saturated rings. The maximum atomic E-state index is 12.5. The molecule has 2 atom stereocenters. The fourth-order valence-electron chi connectivity index (χ4n) is 6.56. The Kier molecular flexibility index (Phi) is 8.18. The zero-order chi connectivity index (χ0) is 29.2. The highest BCUT2D eigenvalue weighted by atomic mass is 35.5. The smallest absolute Gasteiger partial charge is 0.318 e. The van der Waals surface area contributed by atoms with Crippen LogP contribution in [0.4, 0.5) is 11.5 Å². The molecule has 0 aliphatic carbocycles. The van der Waals surface area contributed by atoms with Gasteiger partial charge in [0.2, 0.25) is 5.91 Å². The van der Waals surface area contributed by atoms with E-state index in [1.807, 2.05) is 12.1 Å². The topological polar surface area (TPSA) is 88.8 Å². The Morgan fingerprint density at radius 3 is 2.74 bits per heavy atom. The number of benzene rings is 2. The SMILES string of the molecule is C=CC(=O)N1CCN(c2nc(OCC3CCCN3C)nc3c2CCN(c2cccc4cccc(Cl)c24)C3)C[C@@H]1CC#N. The molecule has 0 bridgehead atoms. The first-order valence-electron chi connectivity index (χ1n) is 14.7. The molecule has 9 nitrogen and oxygen atoms in total. The van der Waals surface area contributed by atoms with Crippen molar-refractivity contribution < 1.29 is 9.53 Å². The first-order valence-corrected chi connectivity index (χ1v) is 15.0. The number of amides is 1.